The monoisotopic (exact) mass is 367 g/mol. The van der Waals surface area contributed by atoms with Crippen molar-refractivity contribution in [3.63, 3.8) is 0 Å². The first-order valence-corrected chi connectivity index (χ1v) is 8.78. The van der Waals surface area contributed by atoms with Crippen LogP contribution in [-0.4, -0.2) is 25.6 Å². The van der Waals surface area contributed by atoms with Crippen LogP contribution in [0.1, 0.15) is 36.5 Å². The quantitative estimate of drug-likeness (QED) is 0.585. The first-order chi connectivity index (χ1) is 12.9. The maximum atomic E-state index is 12.2. The number of rotatable bonds is 7. The average molecular weight is 367 g/mol. The molecule has 0 bridgehead atoms. The van der Waals surface area contributed by atoms with Crippen molar-refractivity contribution in [1.29, 1.82) is 0 Å². The van der Waals surface area contributed by atoms with E-state index in [2.05, 4.69) is 36.0 Å². The summed E-state index contributed by atoms with van der Waals surface area (Å²) in [7, 11) is 1.31. The Hall–Kier alpha value is -3.08. The second-order valence-corrected chi connectivity index (χ2v) is 6.49. The van der Waals surface area contributed by atoms with Gasteiger partial charge in [0.05, 0.1) is 7.11 Å². The number of hydrogen-bond donors (Lipinski definition) is 1. The van der Waals surface area contributed by atoms with E-state index in [0.29, 0.717) is 17.4 Å². The lowest BCUT2D eigenvalue weighted by Crippen LogP contribution is -2.13. The topological polar surface area (TPSA) is 64.6 Å². The fourth-order valence-corrected chi connectivity index (χ4v) is 2.41. The lowest BCUT2D eigenvalue weighted by atomic mass is 10.0. The zero-order valence-electron chi connectivity index (χ0n) is 16.1. The standard InChI is InChI=1S/C22H25NO4/c1-15(2)18-8-5-17(6-9-18)7-12-21(24)23-20-11-10-19(13-16(20)3)27-14-22(25)26-4/h5-13,15H,14H2,1-4H3,(H,23,24)/b12-7+. The highest BCUT2D eigenvalue weighted by Gasteiger charge is 2.06. The summed E-state index contributed by atoms with van der Waals surface area (Å²) in [6, 6.07) is 13.3. The van der Waals surface area contributed by atoms with Crippen molar-refractivity contribution in [2.24, 2.45) is 0 Å². The molecular weight excluding hydrogens is 342 g/mol. The molecule has 0 aliphatic carbocycles. The van der Waals surface area contributed by atoms with Gasteiger partial charge in [0.2, 0.25) is 5.91 Å². The molecule has 1 N–H and O–H groups in total. The van der Waals surface area contributed by atoms with E-state index in [1.54, 1.807) is 24.3 Å². The highest BCUT2D eigenvalue weighted by molar-refractivity contribution is 6.02. The molecule has 0 aromatic heterocycles. The third-order valence-corrected chi connectivity index (χ3v) is 4.07. The fourth-order valence-electron chi connectivity index (χ4n) is 2.41. The van der Waals surface area contributed by atoms with E-state index >= 15 is 0 Å². The van der Waals surface area contributed by atoms with Crippen LogP contribution in [0.2, 0.25) is 0 Å². The summed E-state index contributed by atoms with van der Waals surface area (Å²) in [5, 5.41) is 2.84. The van der Waals surface area contributed by atoms with E-state index in [-0.39, 0.29) is 12.5 Å². The van der Waals surface area contributed by atoms with Crippen LogP contribution in [0.3, 0.4) is 0 Å². The lowest BCUT2D eigenvalue weighted by Gasteiger charge is -2.10. The zero-order chi connectivity index (χ0) is 19.8. The number of carbonyl (C=O) groups is 2. The van der Waals surface area contributed by atoms with E-state index in [0.717, 1.165) is 11.1 Å². The van der Waals surface area contributed by atoms with Crippen molar-refractivity contribution in [2.45, 2.75) is 26.7 Å². The highest BCUT2D eigenvalue weighted by Crippen LogP contribution is 2.21. The number of benzene rings is 2. The first kappa shape index (κ1) is 20.2. The molecule has 0 atom stereocenters. The Morgan fingerprint density at radius 2 is 1.81 bits per heavy atom. The van der Waals surface area contributed by atoms with Crippen LogP contribution in [0.5, 0.6) is 5.75 Å². The summed E-state index contributed by atoms with van der Waals surface area (Å²) in [4.78, 5) is 23.3. The van der Waals surface area contributed by atoms with Crippen LogP contribution in [0.25, 0.3) is 6.08 Å². The highest BCUT2D eigenvalue weighted by atomic mass is 16.6. The Morgan fingerprint density at radius 1 is 1.11 bits per heavy atom. The normalized spacial score (nSPS) is 10.9. The average Bonchev–Trinajstić information content (AvgIpc) is 2.66. The molecule has 1 amide bonds. The minimum absolute atomic E-state index is 0.153. The predicted octanol–water partition coefficient (Wildman–Crippen LogP) is 4.32. The molecule has 5 nitrogen and oxygen atoms in total. The molecule has 0 fully saturated rings. The number of carbonyl (C=O) groups excluding carboxylic acids is 2. The van der Waals surface area contributed by atoms with E-state index in [9.17, 15) is 9.59 Å². The Balaban J connectivity index is 1.95. The largest absolute Gasteiger partial charge is 0.482 e. The fraction of sp³-hybridized carbons (Fsp3) is 0.273. The van der Waals surface area contributed by atoms with Gasteiger partial charge in [0.25, 0.3) is 0 Å². The molecule has 2 aromatic rings. The van der Waals surface area contributed by atoms with E-state index in [4.69, 9.17) is 4.74 Å². The summed E-state index contributed by atoms with van der Waals surface area (Å²) >= 11 is 0. The van der Waals surface area contributed by atoms with Crippen molar-refractivity contribution in [2.75, 3.05) is 19.0 Å². The predicted molar refractivity (Wildman–Crippen MR) is 107 cm³/mol. The first-order valence-electron chi connectivity index (χ1n) is 8.78. The molecule has 0 heterocycles. The summed E-state index contributed by atoms with van der Waals surface area (Å²) in [5.41, 5.74) is 3.75. The van der Waals surface area contributed by atoms with Crippen LogP contribution >= 0.6 is 0 Å². The molecule has 0 saturated carbocycles. The van der Waals surface area contributed by atoms with Gasteiger partial charge in [0, 0.05) is 11.8 Å². The van der Waals surface area contributed by atoms with Gasteiger partial charge < -0.3 is 14.8 Å². The Morgan fingerprint density at radius 3 is 2.41 bits per heavy atom. The molecule has 0 spiro atoms. The van der Waals surface area contributed by atoms with E-state index in [1.165, 1.54) is 18.7 Å². The van der Waals surface area contributed by atoms with Crippen molar-refractivity contribution in [1.82, 2.24) is 0 Å². The van der Waals surface area contributed by atoms with E-state index < -0.39 is 5.97 Å². The van der Waals surface area contributed by atoms with Crippen molar-refractivity contribution >= 4 is 23.6 Å². The summed E-state index contributed by atoms with van der Waals surface area (Å²) in [5.74, 6) is 0.358. The van der Waals surface area contributed by atoms with Crippen LogP contribution in [-0.2, 0) is 14.3 Å². The van der Waals surface area contributed by atoms with Gasteiger partial charge in [0.15, 0.2) is 6.61 Å². The van der Waals surface area contributed by atoms with Crippen LogP contribution in [0, 0.1) is 6.92 Å². The van der Waals surface area contributed by atoms with Gasteiger partial charge >= 0.3 is 5.97 Å². The molecular formula is C22H25NO4. The summed E-state index contributed by atoms with van der Waals surface area (Å²) in [6.45, 7) is 5.99. The number of nitrogens with one attached hydrogen (secondary N) is 1. The molecule has 5 heteroatoms. The van der Waals surface area contributed by atoms with Crippen LogP contribution in [0.15, 0.2) is 48.5 Å². The number of amides is 1. The maximum absolute atomic E-state index is 12.2. The van der Waals surface area contributed by atoms with Gasteiger partial charge in [0.1, 0.15) is 5.75 Å². The smallest absolute Gasteiger partial charge is 0.343 e. The van der Waals surface area contributed by atoms with E-state index in [1.807, 2.05) is 19.1 Å². The summed E-state index contributed by atoms with van der Waals surface area (Å²) < 4.78 is 9.86. The SMILES string of the molecule is COC(=O)COc1ccc(NC(=O)/C=C/c2ccc(C(C)C)cc2)c(C)c1. The number of hydrogen-bond acceptors (Lipinski definition) is 4. The van der Waals surface area contributed by atoms with Crippen molar-refractivity contribution < 1.29 is 19.1 Å². The van der Waals surface area contributed by atoms with Gasteiger partial charge in [-0.2, -0.15) is 0 Å². The minimum Gasteiger partial charge on any atom is -0.482 e. The number of methoxy groups -OCH3 is 1. The molecule has 142 valence electrons. The van der Waals surface area contributed by atoms with Gasteiger partial charge in [-0.05, 0) is 53.8 Å². The lowest BCUT2D eigenvalue weighted by molar-refractivity contribution is -0.142. The second-order valence-electron chi connectivity index (χ2n) is 6.49. The molecule has 27 heavy (non-hydrogen) atoms. The molecule has 2 aromatic carbocycles. The Labute approximate surface area is 160 Å². The number of anilines is 1. The van der Waals surface area contributed by atoms with Crippen molar-refractivity contribution in [3.05, 3.63) is 65.2 Å². The second kappa shape index (κ2) is 9.57. The van der Waals surface area contributed by atoms with Crippen molar-refractivity contribution in [3.8, 4) is 5.75 Å². The zero-order valence-corrected chi connectivity index (χ0v) is 16.1. The minimum atomic E-state index is -0.448. The third kappa shape index (κ3) is 6.29. The molecule has 0 unspecified atom stereocenters. The number of esters is 1. The van der Waals surface area contributed by atoms with Gasteiger partial charge in [-0.25, -0.2) is 4.79 Å². The van der Waals surface area contributed by atoms with Crippen LogP contribution in [0.4, 0.5) is 5.69 Å². The summed E-state index contributed by atoms with van der Waals surface area (Å²) in [6.07, 6.45) is 3.29. The Bertz CT molecular complexity index is 823. The third-order valence-electron chi connectivity index (χ3n) is 4.07. The molecule has 0 aliphatic rings. The molecule has 2 rings (SSSR count). The Kier molecular flexibility index (Phi) is 7.17. The number of aryl methyl sites for hydroxylation is 1. The van der Waals surface area contributed by atoms with Gasteiger partial charge in [-0.3, -0.25) is 4.79 Å². The van der Waals surface area contributed by atoms with Crippen LogP contribution < -0.4 is 10.1 Å². The molecule has 0 aliphatic heterocycles. The van der Waals surface area contributed by atoms with Gasteiger partial charge in [-0.1, -0.05) is 38.1 Å². The molecule has 0 radical (unpaired) electrons. The number of ether oxygens (including phenoxy) is 2. The maximum Gasteiger partial charge on any atom is 0.343 e. The van der Waals surface area contributed by atoms with Gasteiger partial charge in [-0.15, -0.1) is 0 Å². The molecule has 0 saturated heterocycles.